The summed E-state index contributed by atoms with van der Waals surface area (Å²) >= 11 is 0. The summed E-state index contributed by atoms with van der Waals surface area (Å²) in [6, 6.07) is 8.39. The topological polar surface area (TPSA) is 85.0 Å². The first kappa shape index (κ1) is 18.9. The van der Waals surface area contributed by atoms with Crippen molar-refractivity contribution in [2.24, 2.45) is 5.73 Å². The van der Waals surface area contributed by atoms with Gasteiger partial charge in [-0.1, -0.05) is 30.3 Å². The van der Waals surface area contributed by atoms with Crippen LogP contribution in [0.15, 0.2) is 30.3 Å². The quantitative estimate of drug-likeness (QED) is 0.750. The third-order valence-electron chi connectivity index (χ3n) is 4.52. The van der Waals surface area contributed by atoms with E-state index in [1.54, 1.807) is 7.05 Å². The molecule has 1 amide bonds. The highest BCUT2D eigenvalue weighted by molar-refractivity contribution is 5.81. The van der Waals surface area contributed by atoms with Crippen LogP contribution in [0.4, 0.5) is 0 Å². The Morgan fingerprint density at radius 3 is 2.58 bits per heavy atom. The zero-order valence-electron chi connectivity index (χ0n) is 14.4. The first-order valence-corrected chi connectivity index (χ1v) is 8.49. The third kappa shape index (κ3) is 5.01. The molecule has 24 heavy (non-hydrogen) atoms. The molecule has 134 valence electrons. The van der Waals surface area contributed by atoms with Crippen molar-refractivity contribution in [3.8, 4) is 0 Å². The predicted octanol–water partition coefficient (Wildman–Crippen LogP) is 1.44. The van der Waals surface area contributed by atoms with Crippen LogP contribution in [0.1, 0.15) is 37.9 Å². The highest BCUT2D eigenvalue weighted by atomic mass is 16.7. The Labute approximate surface area is 143 Å². The van der Waals surface area contributed by atoms with Crippen molar-refractivity contribution >= 4 is 5.91 Å². The minimum atomic E-state index is -0.743. The molecule has 1 aliphatic rings. The maximum Gasteiger partial charge on any atom is 0.239 e. The number of rotatable bonds is 8. The molecule has 0 aliphatic carbocycles. The van der Waals surface area contributed by atoms with Crippen LogP contribution in [-0.4, -0.2) is 54.5 Å². The van der Waals surface area contributed by atoms with Gasteiger partial charge in [0.25, 0.3) is 0 Å². The van der Waals surface area contributed by atoms with Crippen LogP contribution in [0, 0.1) is 0 Å². The number of ether oxygens (including phenoxy) is 2. The Kier molecular flexibility index (Phi) is 7.17. The number of carbonyl (C=O) groups is 1. The smallest absolute Gasteiger partial charge is 0.239 e. The zero-order valence-corrected chi connectivity index (χ0v) is 14.4. The van der Waals surface area contributed by atoms with Crippen LogP contribution >= 0.6 is 0 Å². The van der Waals surface area contributed by atoms with Crippen molar-refractivity contribution in [1.82, 2.24) is 4.90 Å². The molecule has 6 nitrogen and oxygen atoms in total. The number of nitrogens with zero attached hydrogens (tertiary/aromatic N) is 1. The van der Waals surface area contributed by atoms with Gasteiger partial charge in [-0.15, -0.1) is 0 Å². The lowest BCUT2D eigenvalue weighted by atomic mass is 10.0. The molecule has 0 radical (unpaired) electrons. The molecule has 0 bridgehead atoms. The minimum absolute atomic E-state index is 0.161. The van der Waals surface area contributed by atoms with E-state index in [0.29, 0.717) is 19.6 Å². The lowest BCUT2D eigenvalue weighted by molar-refractivity contribution is -0.135. The molecular formula is C18H28N2O4. The second kappa shape index (κ2) is 9.13. The summed E-state index contributed by atoms with van der Waals surface area (Å²) in [5.41, 5.74) is 6.81. The number of nitrogens with two attached hydrogens (primary N) is 1. The molecule has 6 heteroatoms. The Morgan fingerprint density at radius 2 is 1.96 bits per heavy atom. The standard InChI is InChI=1S/C18H28N2O4/c1-13(17(21)14-7-4-3-5-8-14)20(2)18(22)15(19)9-6-10-16-23-11-12-24-16/h3-5,7-8,13,15-17,21H,6,9-12,19H2,1-2H3/t13-,15+,17?/m1/s1. The van der Waals surface area contributed by atoms with Gasteiger partial charge >= 0.3 is 0 Å². The number of carbonyl (C=O) groups excluding carboxylic acids is 1. The molecule has 0 spiro atoms. The molecule has 0 saturated carbocycles. The second-order valence-corrected chi connectivity index (χ2v) is 6.25. The number of benzene rings is 1. The zero-order chi connectivity index (χ0) is 17.5. The Morgan fingerprint density at radius 1 is 1.33 bits per heavy atom. The van der Waals surface area contributed by atoms with E-state index in [1.807, 2.05) is 37.3 Å². The molecule has 2 rings (SSSR count). The maximum atomic E-state index is 12.5. The number of likely N-dealkylation sites (N-methyl/N-ethyl adjacent to an activating group) is 1. The third-order valence-corrected chi connectivity index (χ3v) is 4.52. The van der Waals surface area contributed by atoms with Gasteiger partial charge < -0.3 is 25.2 Å². The van der Waals surface area contributed by atoms with Crippen LogP contribution < -0.4 is 5.73 Å². The number of hydrogen-bond donors (Lipinski definition) is 2. The van der Waals surface area contributed by atoms with E-state index in [0.717, 1.165) is 18.4 Å². The number of hydrogen-bond acceptors (Lipinski definition) is 5. The van der Waals surface area contributed by atoms with Crippen molar-refractivity contribution in [3.63, 3.8) is 0 Å². The van der Waals surface area contributed by atoms with Gasteiger partial charge in [0.05, 0.1) is 31.4 Å². The first-order chi connectivity index (χ1) is 11.5. The van der Waals surface area contributed by atoms with E-state index in [2.05, 4.69) is 0 Å². The lowest BCUT2D eigenvalue weighted by Crippen LogP contribution is -2.47. The van der Waals surface area contributed by atoms with E-state index in [-0.39, 0.29) is 18.2 Å². The summed E-state index contributed by atoms with van der Waals surface area (Å²) in [4.78, 5) is 14.0. The van der Waals surface area contributed by atoms with Gasteiger partial charge in [0.2, 0.25) is 5.91 Å². The molecular weight excluding hydrogens is 308 g/mol. The van der Waals surface area contributed by atoms with Gasteiger partial charge in [0.1, 0.15) is 0 Å². The van der Waals surface area contributed by atoms with Crippen molar-refractivity contribution < 1.29 is 19.4 Å². The first-order valence-electron chi connectivity index (χ1n) is 8.49. The van der Waals surface area contributed by atoms with Gasteiger partial charge in [-0.05, 0) is 31.7 Å². The van der Waals surface area contributed by atoms with E-state index < -0.39 is 12.1 Å². The summed E-state index contributed by atoms with van der Waals surface area (Å²) < 4.78 is 10.7. The van der Waals surface area contributed by atoms with Crippen molar-refractivity contribution in [1.29, 1.82) is 0 Å². The molecule has 1 aromatic rings. The summed E-state index contributed by atoms with van der Waals surface area (Å²) in [5.74, 6) is -0.161. The largest absolute Gasteiger partial charge is 0.386 e. The highest BCUT2D eigenvalue weighted by Crippen LogP contribution is 2.21. The minimum Gasteiger partial charge on any atom is -0.386 e. The lowest BCUT2D eigenvalue weighted by Gasteiger charge is -2.31. The Hall–Kier alpha value is -1.47. The van der Waals surface area contributed by atoms with Crippen LogP contribution in [0.25, 0.3) is 0 Å². The number of aliphatic hydroxyl groups is 1. The van der Waals surface area contributed by atoms with E-state index in [1.165, 1.54) is 4.90 Å². The Bertz CT molecular complexity index is 505. The fourth-order valence-corrected chi connectivity index (χ4v) is 2.80. The normalized spacial score (nSPS) is 19.0. The molecule has 1 aliphatic heterocycles. The van der Waals surface area contributed by atoms with Gasteiger partial charge in [-0.25, -0.2) is 0 Å². The molecule has 1 heterocycles. The second-order valence-electron chi connectivity index (χ2n) is 6.25. The van der Waals surface area contributed by atoms with Crippen LogP contribution in [0.3, 0.4) is 0 Å². The van der Waals surface area contributed by atoms with Crippen molar-refractivity contribution in [2.45, 2.75) is 50.7 Å². The average molecular weight is 336 g/mol. The van der Waals surface area contributed by atoms with E-state index in [4.69, 9.17) is 15.2 Å². The van der Waals surface area contributed by atoms with Gasteiger partial charge in [0, 0.05) is 7.05 Å². The fourth-order valence-electron chi connectivity index (χ4n) is 2.80. The number of aliphatic hydroxyl groups excluding tert-OH is 1. The van der Waals surface area contributed by atoms with Gasteiger partial charge in [-0.2, -0.15) is 0 Å². The summed E-state index contributed by atoms with van der Waals surface area (Å²) in [6.45, 7) is 3.09. The summed E-state index contributed by atoms with van der Waals surface area (Å²) in [5, 5.41) is 10.4. The van der Waals surface area contributed by atoms with Crippen LogP contribution in [-0.2, 0) is 14.3 Å². The molecule has 1 unspecified atom stereocenters. The molecule has 1 aromatic carbocycles. The van der Waals surface area contributed by atoms with E-state index >= 15 is 0 Å². The monoisotopic (exact) mass is 336 g/mol. The highest BCUT2D eigenvalue weighted by Gasteiger charge is 2.27. The van der Waals surface area contributed by atoms with Crippen molar-refractivity contribution in [3.05, 3.63) is 35.9 Å². The summed E-state index contributed by atoms with van der Waals surface area (Å²) in [7, 11) is 1.68. The molecule has 0 aromatic heterocycles. The maximum absolute atomic E-state index is 12.5. The van der Waals surface area contributed by atoms with Gasteiger partial charge in [0.15, 0.2) is 6.29 Å². The fraction of sp³-hybridized carbons (Fsp3) is 0.611. The molecule has 3 N–H and O–H groups in total. The van der Waals surface area contributed by atoms with Crippen LogP contribution in [0.5, 0.6) is 0 Å². The van der Waals surface area contributed by atoms with Gasteiger partial charge in [-0.3, -0.25) is 4.79 Å². The Balaban J connectivity index is 1.80. The van der Waals surface area contributed by atoms with Crippen LogP contribution in [0.2, 0.25) is 0 Å². The molecule has 3 atom stereocenters. The SMILES string of the molecule is C[C@H](C(O)c1ccccc1)N(C)C(=O)[C@@H](N)CCCC1OCCO1. The van der Waals surface area contributed by atoms with Crippen molar-refractivity contribution in [2.75, 3.05) is 20.3 Å². The van der Waals surface area contributed by atoms with E-state index in [9.17, 15) is 9.90 Å². The molecule has 1 saturated heterocycles. The summed E-state index contributed by atoms with van der Waals surface area (Å²) in [6.07, 6.45) is 1.17. The average Bonchev–Trinajstić information content (AvgIpc) is 3.13. The molecule has 1 fully saturated rings. The number of amides is 1. The predicted molar refractivity (Wildman–Crippen MR) is 91.2 cm³/mol.